The van der Waals surface area contributed by atoms with E-state index >= 15 is 0 Å². The highest BCUT2D eigenvalue weighted by molar-refractivity contribution is 5.95. The summed E-state index contributed by atoms with van der Waals surface area (Å²) < 4.78 is 55.9. The average Bonchev–Trinajstić information content (AvgIpc) is 2.76. The Bertz CT molecular complexity index is 1010. The number of fused-ring (bicyclic) bond motifs is 1. The standard InChI is InChI=1S/C24H27F4N3O2/c1-3-23(32)31-9-5-7-29(2)6-4-8-30(15-17-12-20(27)21(28)14-22(17)31)24(33)16-10-18(25)13-19(26)11-16/h10-14H,3-9,15H2,1-2H3. The summed E-state index contributed by atoms with van der Waals surface area (Å²) in [6.07, 6.45) is 1.36. The van der Waals surface area contributed by atoms with Gasteiger partial charge in [0.25, 0.3) is 5.91 Å². The number of hydrogen-bond donors (Lipinski definition) is 0. The average molecular weight is 465 g/mol. The van der Waals surface area contributed by atoms with E-state index in [1.54, 1.807) is 6.92 Å². The predicted molar refractivity (Wildman–Crippen MR) is 117 cm³/mol. The van der Waals surface area contributed by atoms with Gasteiger partial charge in [0.05, 0.1) is 5.69 Å². The lowest BCUT2D eigenvalue weighted by molar-refractivity contribution is -0.118. The van der Waals surface area contributed by atoms with Crippen molar-refractivity contribution < 1.29 is 27.2 Å². The summed E-state index contributed by atoms with van der Waals surface area (Å²) >= 11 is 0. The van der Waals surface area contributed by atoms with Gasteiger partial charge >= 0.3 is 0 Å². The van der Waals surface area contributed by atoms with E-state index in [4.69, 9.17) is 0 Å². The fourth-order valence-corrected chi connectivity index (χ4v) is 3.99. The van der Waals surface area contributed by atoms with Gasteiger partial charge in [0.15, 0.2) is 11.6 Å². The number of nitrogens with zero attached hydrogens (tertiary/aromatic N) is 3. The molecule has 1 aliphatic rings. The Kier molecular flexibility index (Phi) is 8.07. The molecule has 2 aromatic carbocycles. The summed E-state index contributed by atoms with van der Waals surface area (Å²) in [5, 5.41) is 0. The van der Waals surface area contributed by atoms with Crippen LogP contribution >= 0.6 is 0 Å². The van der Waals surface area contributed by atoms with E-state index < -0.39 is 29.2 Å². The molecule has 33 heavy (non-hydrogen) atoms. The zero-order chi connectivity index (χ0) is 24.1. The number of carbonyl (C=O) groups excluding carboxylic acids is 2. The van der Waals surface area contributed by atoms with Gasteiger partial charge in [0.1, 0.15) is 11.6 Å². The van der Waals surface area contributed by atoms with Gasteiger partial charge < -0.3 is 14.7 Å². The fourth-order valence-electron chi connectivity index (χ4n) is 3.99. The van der Waals surface area contributed by atoms with Crippen molar-refractivity contribution in [3.63, 3.8) is 0 Å². The molecule has 0 fully saturated rings. The van der Waals surface area contributed by atoms with E-state index in [0.29, 0.717) is 38.5 Å². The van der Waals surface area contributed by atoms with Crippen molar-refractivity contribution in [2.24, 2.45) is 0 Å². The van der Waals surface area contributed by atoms with Gasteiger partial charge in [-0.3, -0.25) is 9.59 Å². The lowest BCUT2D eigenvalue weighted by Crippen LogP contribution is -2.38. The second kappa shape index (κ2) is 10.8. The second-order valence-corrected chi connectivity index (χ2v) is 8.19. The van der Waals surface area contributed by atoms with Crippen molar-refractivity contribution in [2.45, 2.75) is 32.7 Å². The third kappa shape index (κ3) is 6.10. The normalized spacial score (nSPS) is 16.1. The molecule has 0 unspecified atom stereocenters. The Morgan fingerprint density at radius 2 is 1.45 bits per heavy atom. The second-order valence-electron chi connectivity index (χ2n) is 8.19. The molecule has 9 heteroatoms. The highest BCUT2D eigenvalue weighted by Crippen LogP contribution is 2.28. The Labute approximate surface area is 190 Å². The van der Waals surface area contributed by atoms with Crippen molar-refractivity contribution in [3.05, 3.63) is 64.7 Å². The van der Waals surface area contributed by atoms with Gasteiger partial charge in [-0.25, -0.2) is 17.6 Å². The van der Waals surface area contributed by atoms with Crippen LogP contribution in [0.2, 0.25) is 0 Å². The molecule has 0 atom stereocenters. The molecule has 0 saturated carbocycles. The summed E-state index contributed by atoms with van der Waals surface area (Å²) in [5.74, 6) is -4.88. The number of amides is 2. The summed E-state index contributed by atoms with van der Waals surface area (Å²) in [7, 11) is 1.91. The molecular formula is C24H27F4N3O2. The number of carbonyl (C=O) groups is 2. The highest BCUT2D eigenvalue weighted by atomic mass is 19.2. The summed E-state index contributed by atoms with van der Waals surface area (Å²) in [6, 6.07) is 4.49. The van der Waals surface area contributed by atoms with Crippen LogP contribution in [0.4, 0.5) is 23.2 Å². The van der Waals surface area contributed by atoms with Crippen molar-refractivity contribution in [1.82, 2.24) is 9.80 Å². The van der Waals surface area contributed by atoms with E-state index in [1.807, 2.05) is 11.9 Å². The molecule has 0 bridgehead atoms. The molecule has 1 heterocycles. The van der Waals surface area contributed by atoms with Crippen LogP contribution in [0.15, 0.2) is 30.3 Å². The maximum atomic E-state index is 14.2. The van der Waals surface area contributed by atoms with E-state index in [-0.39, 0.29) is 42.2 Å². The monoisotopic (exact) mass is 465 g/mol. The maximum absolute atomic E-state index is 14.2. The largest absolute Gasteiger partial charge is 0.334 e. The number of anilines is 1. The number of halogens is 4. The molecular weight excluding hydrogens is 438 g/mol. The van der Waals surface area contributed by atoms with Crippen LogP contribution in [0.1, 0.15) is 42.1 Å². The molecule has 0 N–H and O–H groups in total. The van der Waals surface area contributed by atoms with E-state index in [2.05, 4.69) is 0 Å². The molecule has 5 nitrogen and oxygen atoms in total. The van der Waals surface area contributed by atoms with E-state index in [0.717, 1.165) is 24.3 Å². The van der Waals surface area contributed by atoms with Gasteiger partial charge in [0.2, 0.25) is 5.91 Å². The topological polar surface area (TPSA) is 43.9 Å². The summed E-state index contributed by atoms with van der Waals surface area (Å²) in [5.41, 5.74) is 0.251. The Morgan fingerprint density at radius 3 is 2.09 bits per heavy atom. The minimum atomic E-state index is -1.10. The van der Waals surface area contributed by atoms with Gasteiger partial charge in [0, 0.05) is 43.8 Å². The molecule has 1 aliphatic heterocycles. The molecule has 0 aliphatic carbocycles. The summed E-state index contributed by atoms with van der Waals surface area (Å²) in [4.78, 5) is 30.6. The molecule has 178 valence electrons. The first-order valence-corrected chi connectivity index (χ1v) is 10.9. The summed E-state index contributed by atoms with van der Waals surface area (Å²) in [6.45, 7) is 3.36. The number of rotatable bonds is 2. The lowest BCUT2D eigenvalue weighted by Gasteiger charge is -2.31. The van der Waals surface area contributed by atoms with Crippen molar-refractivity contribution in [2.75, 3.05) is 38.1 Å². The van der Waals surface area contributed by atoms with Crippen LogP contribution < -0.4 is 4.90 Å². The fraction of sp³-hybridized carbons (Fsp3) is 0.417. The molecule has 2 amide bonds. The first kappa shape index (κ1) is 24.7. The van der Waals surface area contributed by atoms with Crippen LogP contribution in [-0.2, 0) is 11.3 Å². The van der Waals surface area contributed by atoms with E-state index in [1.165, 1.54) is 9.80 Å². The number of hydrogen-bond acceptors (Lipinski definition) is 3. The first-order valence-electron chi connectivity index (χ1n) is 10.9. The quantitative estimate of drug-likeness (QED) is 0.620. The smallest absolute Gasteiger partial charge is 0.254 e. The zero-order valence-corrected chi connectivity index (χ0v) is 18.7. The number of benzene rings is 2. The minimum absolute atomic E-state index is 0.152. The molecule has 0 spiro atoms. The van der Waals surface area contributed by atoms with Crippen LogP contribution in [0, 0.1) is 23.3 Å². The Morgan fingerprint density at radius 1 is 0.848 bits per heavy atom. The van der Waals surface area contributed by atoms with Crippen LogP contribution in [-0.4, -0.2) is 54.8 Å². The minimum Gasteiger partial charge on any atom is -0.334 e. The molecule has 0 saturated heterocycles. The van der Waals surface area contributed by atoms with Crippen molar-refractivity contribution in [1.29, 1.82) is 0 Å². The third-order valence-electron chi connectivity index (χ3n) is 5.66. The van der Waals surface area contributed by atoms with Crippen LogP contribution in [0.3, 0.4) is 0 Å². The van der Waals surface area contributed by atoms with Crippen molar-refractivity contribution in [3.8, 4) is 0 Å². The third-order valence-corrected chi connectivity index (χ3v) is 5.66. The van der Waals surface area contributed by atoms with Crippen LogP contribution in [0.25, 0.3) is 0 Å². The highest BCUT2D eigenvalue weighted by Gasteiger charge is 2.25. The van der Waals surface area contributed by atoms with E-state index in [9.17, 15) is 27.2 Å². The van der Waals surface area contributed by atoms with Gasteiger partial charge in [-0.15, -0.1) is 0 Å². The predicted octanol–water partition coefficient (Wildman–Crippen LogP) is 4.35. The molecule has 2 aromatic rings. The van der Waals surface area contributed by atoms with Gasteiger partial charge in [-0.05, 0) is 56.7 Å². The molecule has 0 aromatic heterocycles. The maximum Gasteiger partial charge on any atom is 0.254 e. The van der Waals surface area contributed by atoms with Gasteiger partial charge in [-0.2, -0.15) is 0 Å². The Balaban J connectivity index is 2.06. The lowest BCUT2D eigenvalue weighted by atomic mass is 10.1. The zero-order valence-electron chi connectivity index (χ0n) is 18.7. The molecule has 3 rings (SSSR count). The Hall–Kier alpha value is -2.94. The van der Waals surface area contributed by atoms with Gasteiger partial charge in [-0.1, -0.05) is 6.92 Å². The van der Waals surface area contributed by atoms with Crippen LogP contribution in [0.5, 0.6) is 0 Å². The first-order chi connectivity index (χ1) is 15.7. The SMILES string of the molecule is CCC(=O)N1CCCN(C)CCCN(C(=O)c2cc(F)cc(F)c2)Cc2cc(F)c(F)cc21. The molecule has 0 radical (unpaired) electrons. The van der Waals surface area contributed by atoms with Crippen molar-refractivity contribution >= 4 is 17.5 Å².